The van der Waals surface area contributed by atoms with Crippen molar-refractivity contribution in [2.75, 3.05) is 12.4 Å². The van der Waals surface area contributed by atoms with Crippen molar-refractivity contribution in [1.29, 1.82) is 0 Å². The van der Waals surface area contributed by atoms with Crippen LogP contribution in [0, 0.1) is 0 Å². The minimum atomic E-state index is 0.117. The number of unbranched alkanes of at least 4 members (excludes halogenated alkanes) is 3. The molecule has 0 heterocycles. The van der Waals surface area contributed by atoms with Crippen molar-refractivity contribution in [2.45, 2.75) is 52.0 Å². The van der Waals surface area contributed by atoms with Crippen LogP contribution in [0.2, 0.25) is 0 Å². The Morgan fingerprint density at radius 2 is 1.95 bits per heavy atom. The fourth-order valence-electron chi connectivity index (χ4n) is 2.07. The largest absolute Gasteiger partial charge is 0.326 e. The van der Waals surface area contributed by atoms with Gasteiger partial charge in [0.25, 0.3) is 0 Å². The molecule has 19 heavy (non-hydrogen) atoms. The number of hydrogen-bond donors (Lipinski definition) is 2. The highest BCUT2D eigenvalue weighted by Gasteiger charge is 2.10. The lowest BCUT2D eigenvalue weighted by molar-refractivity contribution is -0.116. The zero-order chi connectivity index (χ0) is 14.1. The molecule has 1 rings (SSSR count). The molecule has 0 aliphatic rings. The van der Waals surface area contributed by atoms with Crippen LogP contribution >= 0.6 is 0 Å². The van der Waals surface area contributed by atoms with Crippen LogP contribution in [0.4, 0.5) is 5.69 Å². The molecule has 106 valence electrons. The van der Waals surface area contributed by atoms with Gasteiger partial charge in [0, 0.05) is 18.2 Å². The van der Waals surface area contributed by atoms with Crippen molar-refractivity contribution in [2.24, 2.45) is 0 Å². The van der Waals surface area contributed by atoms with Crippen LogP contribution in [0.3, 0.4) is 0 Å². The molecule has 0 aliphatic carbocycles. The lowest BCUT2D eigenvalue weighted by Gasteiger charge is -2.16. The number of nitrogens with one attached hydrogen (secondary N) is 2. The highest BCUT2D eigenvalue weighted by atomic mass is 16.1. The lowest BCUT2D eigenvalue weighted by atomic mass is 10.1. The van der Waals surface area contributed by atoms with Crippen molar-refractivity contribution < 1.29 is 4.79 Å². The SMILES string of the molecule is CCCCCCC(=O)Nc1ccccc1C(C)NC. The van der Waals surface area contributed by atoms with Crippen LogP contribution in [-0.2, 0) is 4.79 Å². The van der Waals surface area contributed by atoms with Crippen molar-refractivity contribution in [1.82, 2.24) is 5.32 Å². The zero-order valence-electron chi connectivity index (χ0n) is 12.3. The third kappa shape index (κ3) is 5.43. The summed E-state index contributed by atoms with van der Waals surface area (Å²) in [6.45, 7) is 4.27. The van der Waals surface area contributed by atoms with Gasteiger partial charge in [0.15, 0.2) is 0 Å². The first-order valence-corrected chi connectivity index (χ1v) is 7.25. The Bertz CT molecular complexity index is 390. The maximum Gasteiger partial charge on any atom is 0.224 e. The van der Waals surface area contributed by atoms with E-state index in [-0.39, 0.29) is 11.9 Å². The summed E-state index contributed by atoms with van der Waals surface area (Å²) in [5.41, 5.74) is 2.05. The maximum absolute atomic E-state index is 11.9. The average molecular weight is 262 g/mol. The highest BCUT2D eigenvalue weighted by Crippen LogP contribution is 2.22. The smallest absolute Gasteiger partial charge is 0.224 e. The predicted molar refractivity (Wildman–Crippen MR) is 81.3 cm³/mol. The third-order valence-corrected chi connectivity index (χ3v) is 3.39. The number of hydrogen-bond acceptors (Lipinski definition) is 2. The van der Waals surface area contributed by atoms with Crippen molar-refractivity contribution in [3.8, 4) is 0 Å². The Kier molecular flexibility index (Phi) is 7.19. The molecular formula is C16H26N2O. The van der Waals surface area contributed by atoms with E-state index in [1.165, 1.54) is 12.8 Å². The van der Waals surface area contributed by atoms with E-state index in [1.807, 2.05) is 31.3 Å². The molecule has 1 atom stereocenters. The van der Waals surface area contributed by atoms with Gasteiger partial charge < -0.3 is 10.6 Å². The van der Waals surface area contributed by atoms with E-state index >= 15 is 0 Å². The number of carbonyl (C=O) groups is 1. The van der Waals surface area contributed by atoms with Gasteiger partial charge >= 0.3 is 0 Å². The summed E-state index contributed by atoms with van der Waals surface area (Å²) in [7, 11) is 1.92. The molecule has 1 unspecified atom stereocenters. The van der Waals surface area contributed by atoms with Crippen LogP contribution in [0.5, 0.6) is 0 Å². The maximum atomic E-state index is 11.9. The summed E-state index contributed by atoms with van der Waals surface area (Å²) in [5, 5.41) is 6.23. The quantitative estimate of drug-likeness (QED) is 0.698. The van der Waals surface area contributed by atoms with Crippen molar-refractivity contribution >= 4 is 11.6 Å². The van der Waals surface area contributed by atoms with E-state index < -0.39 is 0 Å². The second-order valence-corrected chi connectivity index (χ2v) is 4.96. The molecule has 0 spiro atoms. The van der Waals surface area contributed by atoms with Crippen molar-refractivity contribution in [3.05, 3.63) is 29.8 Å². The Labute approximate surface area is 116 Å². The van der Waals surface area contributed by atoms with E-state index in [4.69, 9.17) is 0 Å². The summed E-state index contributed by atoms with van der Waals surface area (Å²) in [6.07, 6.45) is 5.13. The average Bonchev–Trinajstić information content (AvgIpc) is 2.43. The monoisotopic (exact) mass is 262 g/mol. The van der Waals surface area contributed by atoms with E-state index in [0.717, 1.165) is 24.1 Å². The van der Waals surface area contributed by atoms with Crippen LogP contribution in [0.15, 0.2) is 24.3 Å². The van der Waals surface area contributed by atoms with Gasteiger partial charge in [0.2, 0.25) is 5.91 Å². The summed E-state index contributed by atoms with van der Waals surface area (Å²) in [6, 6.07) is 8.20. The topological polar surface area (TPSA) is 41.1 Å². The summed E-state index contributed by atoms with van der Waals surface area (Å²) < 4.78 is 0. The van der Waals surface area contributed by atoms with Crippen LogP contribution in [-0.4, -0.2) is 13.0 Å². The first kappa shape index (κ1) is 15.7. The number of anilines is 1. The van der Waals surface area contributed by atoms with Gasteiger partial charge in [-0.25, -0.2) is 0 Å². The number of amides is 1. The predicted octanol–water partition coefficient (Wildman–Crippen LogP) is 3.88. The second kappa shape index (κ2) is 8.70. The number of carbonyl (C=O) groups excluding carboxylic acids is 1. The molecule has 1 aromatic rings. The van der Waals surface area contributed by atoms with Gasteiger partial charge in [-0.1, -0.05) is 44.4 Å². The first-order valence-electron chi connectivity index (χ1n) is 7.25. The van der Waals surface area contributed by atoms with Gasteiger partial charge in [0.05, 0.1) is 0 Å². The third-order valence-electron chi connectivity index (χ3n) is 3.39. The number of rotatable bonds is 8. The molecule has 3 nitrogen and oxygen atoms in total. The molecule has 1 aromatic carbocycles. The summed E-state index contributed by atoms with van der Waals surface area (Å²) in [5.74, 6) is 0.117. The molecule has 0 aromatic heterocycles. The summed E-state index contributed by atoms with van der Waals surface area (Å²) in [4.78, 5) is 11.9. The lowest BCUT2D eigenvalue weighted by Crippen LogP contribution is -2.17. The Balaban J connectivity index is 2.54. The van der Waals surface area contributed by atoms with Gasteiger partial charge in [-0.05, 0) is 32.0 Å². The molecule has 0 saturated heterocycles. The molecule has 2 N–H and O–H groups in total. The van der Waals surface area contributed by atoms with Crippen LogP contribution in [0.1, 0.15) is 57.6 Å². The molecule has 3 heteroatoms. The zero-order valence-corrected chi connectivity index (χ0v) is 12.3. The highest BCUT2D eigenvalue weighted by molar-refractivity contribution is 5.91. The molecule has 1 amide bonds. The van der Waals surface area contributed by atoms with E-state index in [9.17, 15) is 4.79 Å². The van der Waals surface area contributed by atoms with Gasteiger partial charge in [0.1, 0.15) is 0 Å². The van der Waals surface area contributed by atoms with Crippen LogP contribution < -0.4 is 10.6 Å². The van der Waals surface area contributed by atoms with Crippen molar-refractivity contribution in [3.63, 3.8) is 0 Å². The first-order chi connectivity index (χ1) is 9.19. The Morgan fingerprint density at radius 1 is 1.21 bits per heavy atom. The fraction of sp³-hybridized carbons (Fsp3) is 0.562. The number of benzene rings is 1. The number of para-hydroxylation sites is 1. The molecule has 0 radical (unpaired) electrons. The molecule has 0 saturated carbocycles. The van der Waals surface area contributed by atoms with E-state index in [0.29, 0.717) is 6.42 Å². The minimum absolute atomic E-state index is 0.117. The van der Waals surface area contributed by atoms with Gasteiger partial charge in [-0.3, -0.25) is 4.79 Å². The molecule has 0 aliphatic heterocycles. The fourth-order valence-corrected chi connectivity index (χ4v) is 2.07. The Hall–Kier alpha value is -1.35. The van der Waals surface area contributed by atoms with E-state index in [2.05, 4.69) is 24.5 Å². The summed E-state index contributed by atoms with van der Waals surface area (Å²) >= 11 is 0. The minimum Gasteiger partial charge on any atom is -0.326 e. The molecule has 0 bridgehead atoms. The molecule has 0 fully saturated rings. The Morgan fingerprint density at radius 3 is 2.63 bits per heavy atom. The second-order valence-electron chi connectivity index (χ2n) is 4.96. The van der Waals surface area contributed by atoms with Gasteiger partial charge in [-0.2, -0.15) is 0 Å². The molecular weight excluding hydrogens is 236 g/mol. The normalized spacial score (nSPS) is 12.2. The van der Waals surface area contributed by atoms with E-state index in [1.54, 1.807) is 0 Å². The van der Waals surface area contributed by atoms with Gasteiger partial charge in [-0.15, -0.1) is 0 Å². The standard InChI is InChI=1S/C16H26N2O/c1-4-5-6-7-12-16(19)18-15-11-9-8-10-14(15)13(2)17-3/h8-11,13,17H,4-7,12H2,1-3H3,(H,18,19). The van der Waals surface area contributed by atoms with Crippen LogP contribution in [0.25, 0.3) is 0 Å².